The first-order chi connectivity index (χ1) is 10.8. The molecule has 1 N–H and O–H groups in total. The van der Waals surface area contributed by atoms with E-state index in [4.69, 9.17) is 9.29 Å². The van der Waals surface area contributed by atoms with Crippen molar-refractivity contribution in [1.82, 2.24) is 0 Å². The predicted molar refractivity (Wildman–Crippen MR) is 86.1 cm³/mol. The van der Waals surface area contributed by atoms with Gasteiger partial charge in [0.1, 0.15) is 10.6 Å². The Hall–Kier alpha value is -2.34. The van der Waals surface area contributed by atoms with Crippen LogP contribution in [0.2, 0.25) is 0 Å². The molecular weight excluding hydrogens is 316 g/mol. The van der Waals surface area contributed by atoms with Crippen LogP contribution in [0.5, 0.6) is 5.75 Å². The summed E-state index contributed by atoms with van der Waals surface area (Å²) in [4.78, 5) is 11.1. The van der Waals surface area contributed by atoms with Gasteiger partial charge in [-0.15, -0.1) is 0 Å². The molecule has 0 aromatic heterocycles. The number of carboxylic acid groups (broad SMARTS) is 1. The molecule has 0 heterocycles. The van der Waals surface area contributed by atoms with Gasteiger partial charge in [0, 0.05) is 0 Å². The predicted octanol–water partition coefficient (Wildman–Crippen LogP) is 3.20. The Labute approximate surface area is 135 Å². The van der Waals surface area contributed by atoms with Crippen molar-refractivity contribution in [2.75, 3.05) is 0 Å². The highest BCUT2D eigenvalue weighted by atomic mass is 32.2. The van der Waals surface area contributed by atoms with Crippen molar-refractivity contribution in [2.45, 2.75) is 31.1 Å². The molecule has 0 aliphatic rings. The number of hydrogen-bond donors (Lipinski definition) is 1. The molecule has 23 heavy (non-hydrogen) atoms. The highest BCUT2D eigenvalue weighted by Crippen LogP contribution is 2.24. The van der Waals surface area contributed by atoms with Gasteiger partial charge in [0.15, 0.2) is 0 Å². The van der Waals surface area contributed by atoms with Crippen LogP contribution in [0.25, 0.3) is 0 Å². The highest BCUT2D eigenvalue weighted by Gasteiger charge is 2.20. The molecule has 0 spiro atoms. The fourth-order valence-electron chi connectivity index (χ4n) is 2.17. The van der Waals surface area contributed by atoms with Crippen LogP contribution < -0.4 is 4.18 Å². The molecule has 2 rings (SSSR count). The number of aryl methyl sites for hydroxylation is 1. The first kappa shape index (κ1) is 17.0. The second-order valence-electron chi connectivity index (χ2n) is 5.13. The van der Waals surface area contributed by atoms with E-state index in [1.54, 1.807) is 37.3 Å². The van der Waals surface area contributed by atoms with Gasteiger partial charge in [0.25, 0.3) is 0 Å². The molecule has 122 valence electrons. The van der Waals surface area contributed by atoms with Gasteiger partial charge >= 0.3 is 16.1 Å². The third-order valence-corrected chi connectivity index (χ3v) is 4.93. The molecule has 0 radical (unpaired) electrons. The first-order valence-corrected chi connectivity index (χ1v) is 8.61. The molecule has 0 saturated carbocycles. The fourth-order valence-corrected chi connectivity index (χ4v) is 3.40. The Morgan fingerprint density at radius 2 is 1.74 bits per heavy atom. The summed E-state index contributed by atoms with van der Waals surface area (Å²) in [6.07, 6.45) is 0.577. The molecule has 6 heteroatoms. The Kier molecular flexibility index (Phi) is 5.05. The summed E-state index contributed by atoms with van der Waals surface area (Å²) in [5.74, 6) is -1.46. The molecule has 0 bridgehead atoms. The maximum absolute atomic E-state index is 12.4. The summed E-state index contributed by atoms with van der Waals surface area (Å²) >= 11 is 0. The van der Waals surface area contributed by atoms with E-state index in [-0.39, 0.29) is 10.6 Å². The van der Waals surface area contributed by atoms with Gasteiger partial charge in [-0.25, -0.2) is 0 Å². The van der Waals surface area contributed by atoms with Crippen LogP contribution in [0.15, 0.2) is 53.4 Å². The normalized spacial score (nSPS) is 12.6. The Balaban J connectivity index is 2.26. The van der Waals surface area contributed by atoms with E-state index < -0.39 is 22.0 Å². The van der Waals surface area contributed by atoms with E-state index in [0.717, 1.165) is 0 Å². The fraction of sp³-hybridized carbons (Fsp3) is 0.235. The topological polar surface area (TPSA) is 80.7 Å². The SMILES string of the molecule is CCc1ccccc1S(=O)(=O)Oc1ccc([C@H](C)C(=O)O)cc1. The minimum absolute atomic E-state index is 0.144. The van der Waals surface area contributed by atoms with Gasteiger partial charge in [-0.2, -0.15) is 8.42 Å². The molecule has 0 saturated heterocycles. The van der Waals surface area contributed by atoms with Crippen molar-refractivity contribution in [3.05, 3.63) is 59.7 Å². The summed E-state index contributed by atoms with van der Waals surface area (Å²) in [7, 11) is -3.92. The lowest BCUT2D eigenvalue weighted by molar-refractivity contribution is -0.138. The lowest BCUT2D eigenvalue weighted by atomic mass is 10.0. The Bertz CT molecular complexity index is 794. The lowest BCUT2D eigenvalue weighted by Crippen LogP contribution is -2.12. The van der Waals surface area contributed by atoms with E-state index in [9.17, 15) is 13.2 Å². The highest BCUT2D eigenvalue weighted by molar-refractivity contribution is 7.87. The largest absolute Gasteiger partial charge is 0.481 e. The van der Waals surface area contributed by atoms with Crippen molar-refractivity contribution in [3.63, 3.8) is 0 Å². The van der Waals surface area contributed by atoms with E-state index in [1.165, 1.54) is 18.2 Å². The minimum atomic E-state index is -3.92. The molecule has 2 aromatic rings. The number of aliphatic carboxylic acids is 1. The first-order valence-electron chi connectivity index (χ1n) is 7.20. The van der Waals surface area contributed by atoms with Crippen molar-refractivity contribution < 1.29 is 22.5 Å². The van der Waals surface area contributed by atoms with Gasteiger partial charge in [-0.1, -0.05) is 37.3 Å². The van der Waals surface area contributed by atoms with Crippen LogP contribution in [0.3, 0.4) is 0 Å². The van der Waals surface area contributed by atoms with Crippen LogP contribution >= 0.6 is 0 Å². The third kappa shape index (κ3) is 3.90. The average Bonchev–Trinajstić information content (AvgIpc) is 2.54. The zero-order chi connectivity index (χ0) is 17.0. The molecular formula is C17H18O5S. The zero-order valence-corrected chi connectivity index (χ0v) is 13.7. The Morgan fingerprint density at radius 1 is 1.13 bits per heavy atom. The average molecular weight is 334 g/mol. The molecule has 0 amide bonds. The number of hydrogen-bond acceptors (Lipinski definition) is 4. The summed E-state index contributed by atoms with van der Waals surface area (Å²) in [5, 5.41) is 8.97. The summed E-state index contributed by atoms with van der Waals surface area (Å²) in [6, 6.07) is 12.7. The lowest BCUT2D eigenvalue weighted by Gasteiger charge is -2.11. The standard InChI is InChI=1S/C17H18O5S/c1-3-13-6-4-5-7-16(13)23(20,21)22-15-10-8-14(9-11-15)12(2)17(18)19/h4-12H,3H2,1-2H3,(H,18,19)/t12-/m0/s1. The van der Waals surface area contributed by atoms with Crippen molar-refractivity contribution >= 4 is 16.1 Å². The van der Waals surface area contributed by atoms with Crippen molar-refractivity contribution in [2.24, 2.45) is 0 Å². The molecule has 0 unspecified atom stereocenters. The van der Waals surface area contributed by atoms with E-state index >= 15 is 0 Å². The van der Waals surface area contributed by atoms with Crippen LogP contribution in [0.1, 0.15) is 30.9 Å². The van der Waals surface area contributed by atoms with E-state index in [2.05, 4.69) is 0 Å². The van der Waals surface area contributed by atoms with Crippen LogP contribution in [-0.2, 0) is 21.3 Å². The molecule has 0 fully saturated rings. The summed E-state index contributed by atoms with van der Waals surface area (Å²) < 4.78 is 29.9. The maximum Gasteiger partial charge on any atom is 0.339 e. The van der Waals surface area contributed by atoms with Gasteiger partial charge in [0.2, 0.25) is 0 Å². The second-order valence-corrected chi connectivity index (χ2v) is 6.64. The van der Waals surface area contributed by atoms with Crippen LogP contribution in [0, 0.1) is 0 Å². The third-order valence-electron chi connectivity index (χ3n) is 3.58. The molecule has 1 atom stereocenters. The number of carbonyl (C=O) groups is 1. The van der Waals surface area contributed by atoms with Crippen molar-refractivity contribution in [3.8, 4) is 5.75 Å². The monoisotopic (exact) mass is 334 g/mol. The summed E-state index contributed by atoms with van der Waals surface area (Å²) in [6.45, 7) is 3.43. The van der Waals surface area contributed by atoms with Gasteiger partial charge in [-0.3, -0.25) is 4.79 Å². The molecule has 0 aliphatic heterocycles. The number of benzene rings is 2. The minimum Gasteiger partial charge on any atom is -0.481 e. The number of carboxylic acids is 1. The quantitative estimate of drug-likeness (QED) is 0.821. The smallest absolute Gasteiger partial charge is 0.339 e. The van der Waals surface area contributed by atoms with Crippen LogP contribution in [-0.4, -0.2) is 19.5 Å². The van der Waals surface area contributed by atoms with Gasteiger partial charge < -0.3 is 9.29 Å². The van der Waals surface area contributed by atoms with Crippen LogP contribution in [0.4, 0.5) is 0 Å². The Morgan fingerprint density at radius 3 is 2.30 bits per heavy atom. The second kappa shape index (κ2) is 6.83. The molecule has 2 aromatic carbocycles. The van der Waals surface area contributed by atoms with Crippen molar-refractivity contribution in [1.29, 1.82) is 0 Å². The van der Waals surface area contributed by atoms with Gasteiger partial charge in [-0.05, 0) is 42.7 Å². The van der Waals surface area contributed by atoms with E-state index in [0.29, 0.717) is 17.5 Å². The maximum atomic E-state index is 12.4. The zero-order valence-electron chi connectivity index (χ0n) is 12.9. The summed E-state index contributed by atoms with van der Waals surface area (Å²) in [5.41, 5.74) is 1.26. The molecule has 0 aliphatic carbocycles. The number of rotatable bonds is 6. The van der Waals surface area contributed by atoms with Gasteiger partial charge in [0.05, 0.1) is 5.92 Å². The molecule has 5 nitrogen and oxygen atoms in total. The van der Waals surface area contributed by atoms with E-state index in [1.807, 2.05) is 6.92 Å².